The van der Waals surface area contributed by atoms with Crippen LogP contribution in [0.3, 0.4) is 0 Å². The molecule has 1 amide bonds. The third-order valence-electron chi connectivity index (χ3n) is 4.80. The molecule has 0 unspecified atom stereocenters. The van der Waals surface area contributed by atoms with Crippen molar-refractivity contribution in [2.75, 3.05) is 19.7 Å². The molecule has 144 valence electrons. The van der Waals surface area contributed by atoms with E-state index in [4.69, 9.17) is 16.3 Å². The molecule has 0 radical (unpaired) electrons. The van der Waals surface area contributed by atoms with Crippen molar-refractivity contribution in [1.82, 2.24) is 9.88 Å². The lowest BCUT2D eigenvalue weighted by atomic mass is 9.99. The number of nitrogens with zero attached hydrogens (tertiary/aromatic N) is 1. The first-order valence-corrected chi connectivity index (χ1v) is 9.21. The number of benzene rings is 2. The van der Waals surface area contributed by atoms with Gasteiger partial charge in [-0.3, -0.25) is 4.79 Å². The van der Waals surface area contributed by atoms with Crippen molar-refractivity contribution in [3.63, 3.8) is 0 Å². The third kappa shape index (κ3) is 3.73. The van der Waals surface area contributed by atoms with Crippen LogP contribution in [0.2, 0.25) is 5.02 Å². The smallest absolute Gasteiger partial charge is 0.260 e. The highest BCUT2D eigenvalue weighted by molar-refractivity contribution is 6.30. The van der Waals surface area contributed by atoms with Crippen LogP contribution in [-0.2, 0) is 4.79 Å². The zero-order chi connectivity index (χ0) is 19.7. The van der Waals surface area contributed by atoms with E-state index in [2.05, 4.69) is 4.98 Å². The van der Waals surface area contributed by atoms with Gasteiger partial charge in [0.2, 0.25) is 0 Å². The summed E-state index contributed by atoms with van der Waals surface area (Å²) >= 11 is 5.71. The highest BCUT2D eigenvalue weighted by Gasteiger charge is 2.20. The second-order valence-corrected chi connectivity index (χ2v) is 6.98. The van der Waals surface area contributed by atoms with Crippen molar-refractivity contribution in [2.24, 2.45) is 0 Å². The minimum absolute atomic E-state index is 0.0471. The average Bonchev–Trinajstić information content (AvgIpc) is 3.11. The Hall–Kier alpha value is -2.86. The maximum Gasteiger partial charge on any atom is 0.260 e. The Kier molecular flexibility index (Phi) is 5.05. The standard InChI is InChI=1S/C21H17ClF2N2O2/c22-18-10-15(2-4-19(18)24)28-12-21(27)26-7-5-13(6-8-26)17-11-25-20-9-14(23)1-3-16(17)20/h1-5,9-11,25H,6-8,12H2. The molecule has 0 fully saturated rings. The first kappa shape index (κ1) is 18.5. The van der Waals surface area contributed by atoms with E-state index < -0.39 is 5.82 Å². The molecule has 0 saturated carbocycles. The molecule has 1 aromatic heterocycles. The van der Waals surface area contributed by atoms with Crippen LogP contribution in [0.15, 0.2) is 48.7 Å². The van der Waals surface area contributed by atoms with Crippen molar-refractivity contribution in [3.8, 4) is 5.75 Å². The number of H-pyrrole nitrogens is 1. The van der Waals surface area contributed by atoms with E-state index in [0.29, 0.717) is 25.3 Å². The van der Waals surface area contributed by atoms with Gasteiger partial charge >= 0.3 is 0 Å². The molecule has 1 N–H and O–H groups in total. The van der Waals surface area contributed by atoms with E-state index in [-0.39, 0.29) is 23.4 Å². The number of hydrogen-bond donors (Lipinski definition) is 1. The molecule has 0 atom stereocenters. The van der Waals surface area contributed by atoms with Crippen LogP contribution in [0.1, 0.15) is 12.0 Å². The highest BCUT2D eigenvalue weighted by Crippen LogP contribution is 2.29. The van der Waals surface area contributed by atoms with E-state index >= 15 is 0 Å². The van der Waals surface area contributed by atoms with Gasteiger partial charge in [0.1, 0.15) is 17.4 Å². The lowest BCUT2D eigenvalue weighted by Crippen LogP contribution is -2.37. The average molecular weight is 403 g/mol. The van der Waals surface area contributed by atoms with Crippen LogP contribution in [0.5, 0.6) is 5.75 Å². The van der Waals surface area contributed by atoms with Crippen LogP contribution >= 0.6 is 11.6 Å². The largest absolute Gasteiger partial charge is 0.484 e. The maximum atomic E-state index is 13.3. The molecule has 0 spiro atoms. The van der Waals surface area contributed by atoms with Gasteiger partial charge in [0, 0.05) is 41.8 Å². The molecule has 4 rings (SSSR count). The van der Waals surface area contributed by atoms with Gasteiger partial charge in [0.15, 0.2) is 6.61 Å². The molecule has 1 aliphatic rings. The Morgan fingerprint density at radius 2 is 2.07 bits per heavy atom. The minimum atomic E-state index is -0.533. The van der Waals surface area contributed by atoms with Crippen molar-refractivity contribution in [1.29, 1.82) is 0 Å². The molecule has 0 saturated heterocycles. The van der Waals surface area contributed by atoms with Crippen LogP contribution in [0.25, 0.3) is 16.5 Å². The minimum Gasteiger partial charge on any atom is -0.484 e. The third-order valence-corrected chi connectivity index (χ3v) is 5.09. The first-order chi connectivity index (χ1) is 13.5. The van der Waals surface area contributed by atoms with E-state index in [1.165, 1.54) is 30.3 Å². The fourth-order valence-corrected chi connectivity index (χ4v) is 3.48. The molecular weight excluding hydrogens is 386 g/mol. The summed E-state index contributed by atoms with van der Waals surface area (Å²) in [5, 5.41) is 0.915. The summed E-state index contributed by atoms with van der Waals surface area (Å²) < 4.78 is 31.9. The lowest BCUT2D eigenvalue weighted by molar-refractivity contribution is -0.132. The van der Waals surface area contributed by atoms with Gasteiger partial charge < -0.3 is 14.6 Å². The number of nitrogens with one attached hydrogen (secondary N) is 1. The summed E-state index contributed by atoms with van der Waals surface area (Å²) in [6.45, 7) is 0.888. The quantitative estimate of drug-likeness (QED) is 0.681. The fourth-order valence-electron chi connectivity index (χ4n) is 3.31. The first-order valence-electron chi connectivity index (χ1n) is 8.83. The number of halogens is 3. The van der Waals surface area contributed by atoms with Crippen LogP contribution < -0.4 is 4.74 Å². The Labute approximate surface area is 165 Å². The summed E-state index contributed by atoms with van der Waals surface area (Å²) in [7, 11) is 0. The van der Waals surface area contributed by atoms with Crippen LogP contribution in [0, 0.1) is 11.6 Å². The van der Waals surface area contributed by atoms with Crippen LogP contribution in [0.4, 0.5) is 8.78 Å². The van der Waals surface area contributed by atoms with Gasteiger partial charge in [-0.05, 0) is 42.3 Å². The molecule has 28 heavy (non-hydrogen) atoms. The summed E-state index contributed by atoms with van der Waals surface area (Å²) in [5.74, 6) is -0.623. The molecule has 4 nitrogen and oxygen atoms in total. The summed E-state index contributed by atoms with van der Waals surface area (Å²) in [5.41, 5.74) is 2.90. The Balaban J connectivity index is 1.40. The molecular formula is C21H17ClF2N2O2. The van der Waals surface area contributed by atoms with Crippen LogP contribution in [-0.4, -0.2) is 35.5 Å². The van der Waals surface area contributed by atoms with Gasteiger partial charge in [-0.15, -0.1) is 0 Å². The number of carbonyl (C=O) groups is 1. The Morgan fingerprint density at radius 3 is 2.82 bits per heavy atom. The summed E-state index contributed by atoms with van der Waals surface area (Å²) in [6, 6.07) is 8.65. The number of ether oxygens (including phenoxy) is 1. The van der Waals surface area contributed by atoms with Crippen molar-refractivity contribution in [3.05, 3.63) is 70.9 Å². The molecule has 7 heteroatoms. The van der Waals surface area contributed by atoms with Gasteiger partial charge in [-0.25, -0.2) is 8.78 Å². The second-order valence-electron chi connectivity index (χ2n) is 6.58. The summed E-state index contributed by atoms with van der Waals surface area (Å²) in [6.07, 6.45) is 4.56. The van der Waals surface area contributed by atoms with E-state index in [0.717, 1.165) is 22.0 Å². The molecule has 1 aliphatic heterocycles. The molecule has 0 aliphatic carbocycles. The SMILES string of the molecule is O=C(COc1ccc(F)c(Cl)c1)N1CC=C(c2c[nH]c3cc(F)ccc23)CC1. The predicted molar refractivity (Wildman–Crippen MR) is 104 cm³/mol. The van der Waals surface area contributed by atoms with E-state index in [1.807, 2.05) is 12.3 Å². The number of carbonyl (C=O) groups excluding carboxylic acids is 1. The predicted octanol–water partition coefficient (Wildman–Crippen LogP) is 4.79. The zero-order valence-corrected chi connectivity index (χ0v) is 15.6. The molecule has 2 heterocycles. The fraction of sp³-hybridized carbons (Fsp3) is 0.190. The number of amides is 1. The van der Waals surface area contributed by atoms with Crippen molar-refractivity contribution < 1.29 is 18.3 Å². The lowest BCUT2D eigenvalue weighted by Gasteiger charge is -2.26. The summed E-state index contributed by atoms with van der Waals surface area (Å²) in [4.78, 5) is 17.2. The van der Waals surface area contributed by atoms with Gasteiger partial charge in [-0.1, -0.05) is 17.7 Å². The van der Waals surface area contributed by atoms with Gasteiger partial charge in [0.05, 0.1) is 5.02 Å². The highest BCUT2D eigenvalue weighted by atomic mass is 35.5. The number of rotatable bonds is 4. The number of aromatic amines is 1. The number of hydrogen-bond acceptors (Lipinski definition) is 2. The van der Waals surface area contributed by atoms with Gasteiger partial charge in [0.25, 0.3) is 5.91 Å². The topological polar surface area (TPSA) is 45.3 Å². The zero-order valence-electron chi connectivity index (χ0n) is 14.8. The molecule has 2 aromatic carbocycles. The normalized spacial score (nSPS) is 14.2. The van der Waals surface area contributed by atoms with Crippen molar-refractivity contribution in [2.45, 2.75) is 6.42 Å². The Bertz CT molecular complexity index is 1080. The van der Waals surface area contributed by atoms with Gasteiger partial charge in [-0.2, -0.15) is 0 Å². The maximum absolute atomic E-state index is 13.3. The molecule has 3 aromatic rings. The Morgan fingerprint density at radius 1 is 1.21 bits per heavy atom. The van der Waals surface area contributed by atoms with E-state index in [9.17, 15) is 13.6 Å². The number of fused-ring (bicyclic) bond motifs is 1. The van der Waals surface area contributed by atoms with E-state index in [1.54, 1.807) is 11.0 Å². The number of aromatic nitrogens is 1. The van der Waals surface area contributed by atoms with Crippen molar-refractivity contribution >= 4 is 34.0 Å². The second kappa shape index (κ2) is 7.64. The molecule has 0 bridgehead atoms. The monoisotopic (exact) mass is 402 g/mol.